The number of anilines is 1. The Labute approximate surface area is 142 Å². The number of amides is 2. The van der Waals surface area contributed by atoms with Gasteiger partial charge in [-0.15, -0.1) is 0 Å². The normalized spacial score (nSPS) is 16.1. The van der Waals surface area contributed by atoms with Gasteiger partial charge in [0.05, 0.1) is 7.11 Å². The van der Waals surface area contributed by atoms with E-state index in [2.05, 4.69) is 10.6 Å². The lowest BCUT2D eigenvalue weighted by molar-refractivity contribution is -0.144. The molecule has 0 heterocycles. The molecule has 1 atom stereocenters. The highest BCUT2D eigenvalue weighted by molar-refractivity contribution is 5.98. The Morgan fingerprint density at radius 1 is 1.17 bits per heavy atom. The molecule has 1 aromatic carbocycles. The average Bonchev–Trinajstić information content (AvgIpc) is 2.59. The summed E-state index contributed by atoms with van der Waals surface area (Å²) in [6, 6.07) is 6.00. The van der Waals surface area contributed by atoms with Gasteiger partial charge in [-0.25, -0.2) is 4.79 Å². The number of nitrogens with one attached hydrogen (secondary N) is 2. The van der Waals surface area contributed by atoms with Crippen LogP contribution in [-0.4, -0.2) is 30.9 Å². The van der Waals surface area contributed by atoms with Crippen molar-refractivity contribution >= 4 is 23.5 Å². The zero-order valence-electron chi connectivity index (χ0n) is 14.1. The van der Waals surface area contributed by atoms with Gasteiger partial charge in [0, 0.05) is 18.2 Å². The van der Waals surface area contributed by atoms with Crippen LogP contribution in [0.25, 0.3) is 0 Å². The van der Waals surface area contributed by atoms with E-state index >= 15 is 0 Å². The van der Waals surface area contributed by atoms with Gasteiger partial charge in [0.2, 0.25) is 5.91 Å². The van der Waals surface area contributed by atoms with Crippen molar-refractivity contribution in [3.63, 3.8) is 0 Å². The van der Waals surface area contributed by atoms with Gasteiger partial charge in [-0.05, 0) is 37.0 Å². The van der Waals surface area contributed by atoms with E-state index in [1.807, 2.05) is 0 Å². The second-order valence-electron chi connectivity index (χ2n) is 6.13. The summed E-state index contributed by atoms with van der Waals surface area (Å²) in [5.74, 6) is -0.854. The van der Waals surface area contributed by atoms with Gasteiger partial charge in [-0.1, -0.05) is 25.3 Å². The highest BCUT2D eigenvalue weighted by Gasteiger charge is 2.31. The molecule has 0 spiro atoms. The Bertz CT molecular complexity index is 609. The molecule has 6 heteroatoms. The minimum Gasteiger partial charge on any atom is -0.467 e. The van der Waals surface area contributed by atoms with Crippen molar-refractivity contribution < 1.29 is 19.1 Å². The van der Waals surface area contributed by atoms with Crippen molar-refractivity contribution in [2.45, 2.75) is 45.1 Å². The molecular formula is C18H24N2O4. The highest BCUT2D eigenvalue weighted by atomic mass is 16.5. The molecule has 0 saturated heterocycles. The quantitative estimate of drug-likeness (QED) is 0.811. The molecule has 0 unspecified atom stereocenters. The van der Waals surface area contributed by atoms with Crippen LogP contribution in [0.5, 0.6) is 0 Å². The Morgan fingerprint density at radius 3 is 2.50 bits per heavy atom. The van der Waals surface area contributed by atoms with Crippen molar-refractivity contribution in [2.24, 2.45) is 5.92 Å². The van der Waals surface area contributed by atoms with Gasteiger partial charge in [-0.2, -0.15) is 0 Å². The Kier molecular flexibility index (Phi) is 6.35. The zero-order chi connectivity index (χ0) is 17.5. The molecule has 2 N–H and O–H groups in total. The molecule has 1 fully saturated rings. The van der Waals surface area contributed by atoms with E-state index in [9.17, 15) is 14.4 Å². The molecule has 0 aromatic heterocycles. The molecule has 2 rings (SSSR count). The summed E-state index contributed by atoms with van der Waals surface area (Å²) < 4.78 is 4.87. The number of ether oxygens (including phenoxy) is 1. The minimum absolute atomic E-state index is 0.105. The van der Waals surface area contributed by atoms with Crippen LogP contribution in [0.15, 0.2) is 24.3 Å². The van der Waals surface area contributed by atoms with Crippen molar-refractivity contribution in [2.75, 3.05) is 12.4 Å². The van der Waals surface area contributed by atoms with Gasteiger partial charge < -0.3 is 15.4 Å². The third kappa shape index (κ3) is 4.81. The number of methoxy groups -OCH3 is 1. The first-order valence-corrected chi connectivity index (χ1v) is 8.27. The molecule has 0 bridgehead atoms. The SMILES string of the molecule is COC(=O)[C@H](NC(=O)c1cccc(NC(C)=O)c1)C1CCCCC1. The number of carbonyl (C=O) groups excluding carboxylic acids is 3. The summed E-state index contributed by atoms with van der Waals surface area (Å²) in [5, 5.41) is 5.45. The largest absolute Gasteiger partial charge is 0.467 e. The number of benzene rings is 1. The van der Waals surface area contributed by atoms with Crippen LogP contribution in [-0.2, 0) is 14.3 Å². The molecule has 0 radical (unpaired) electrons. The maximum atomic E-state index is 12.5. The molecule has 130 valence electrons. The predicted molar refractivity (Wildman–Crippen MR) is 90.6 cm³/mol. The smallest absolute Gasteiger partial charge is 0.328 e. The van der Waals surface area contributed by atoms with Crippen molar-refractivity contribution in [1.82, 2.24) is 5.32 Å². The Morgan fingerprint density at radius 2 is 1.88 bits per heavy atom. The average molecular weight is 332 g/mol. The van der Waals surface area contributed by atoms with Gasteiger partial charge in [0.25, 0.3) is 5.91 Å². The molecule has 1 aliphatic rings. The fourth-order valence-electron chi connectivity index (χ4n) is 3.13. The first kappa shape index (κ1) is 18.0. The first-order valence-electron chi connectivity index (χ1n) is 8.27. The van der Waals surface area contributed by atoms with Crippen molar-refractivity contribution in [3.05, 3.63) is 29.8 Å². The molecule has 24 heavy (non-hydrogen) atoms. The fourth-order valence-corrected chi connectivity index (χ4v) is 3.13. The molecular weight excluding hydrogens is 308 g/mol. The van der Waals surface area contributed by atoms with Crippen LogP contribution < -0.4 is 10.6 Å². The summed E-state index contributed by atoms with van der Waals surface area (Å²) in [7, 11) is 1.34. The van der Waals surface area contributed by atoms with E-state index in [4.69, 9.17) is 4.74 Å². The number of carbonyl (C=O) groups is 3. The summed E-state index contributed by atoms with van der Waals surface area (Å²) in [4.78, 5) is 35.8. The molecule has 0 aliphatic heterocycles. The van der Waals surface area contributed by atoms with E-state index in [1.54, 1.807) is 24.3 Å². The number of esters is 1. The Balaban J connectivity index is 2.11. The van der Waals surface area contributed by atoms with E-state index in [0.29, 0.717) is 11.3 Å². The van der Waals surface area contributed by atoms with Gasteiger partial charge in [0.1, 0.15) is 6.04 Å². The van der Waals surface area contributed by atoms with Crippen molar-refractivity contribution in [1.29, 1.82) is 0 Å². The van der Waals surface area contributed by atoms with Gasteiger partial charge in [0.15, 0.2) is 0 Å². The second kappa shape index (κ2) is 8.47. The summed E-state index contributed by atoms with van der Waals surface area (Å²) in [6.45, 7) is 1.41. The lowest BCUT2D eigenvalue weighted by atomic mass is 9.83. The number of rotatable bonds is 5. The topological polar surface area (TPSA) is 84.5 Å². The van der Waals surface area contributed by atoms with E-state index < -0.39 is 12.0 Å². The predicted octanol–water partition coefficient (Wildman–Crippen LogP) is 2.50. The van der Waals surface area contributed by atoms with Crippen molar-refractivity contribution in [3.8, 4) is 0 Å². The third-order valence-corrected chi connectivity index (χ3v) is 4.31. The third-order valence-electron chi connectivity index (χ3n) is 4.31. The van der Waals surface area contributed by atoms with Crippen LogP contribution in [0.2, 0.25) is 0 Å². The molecule has 1 saturated carbocycles. The van der Waals surface area contributed by atoms with Gasteiger partial charge in [-0.3, -0.25) is 9.59 Å². The summed E-state index contributed by atoms with van der Waals surface area (Å²) in [6.07, 6.45) is 5.10. The highest BCUT2D eigenvalue weighted by Crippen LogP contribution is 2.27. The van der Waals surface area contributed by atoms with Crippen LogP contribution in [0.3, 0.4) is 0 Å². The second-order valence-corrected chi connectivity index (χ2v) is 6.13. The monoisotopic (exact) mass is 332 g/mol. The molecule has 6 nitrogen and oxygen atoms in total. The summed E-state index contributed by atoms with van der Waals surface area (Å²) in [5.41, 5.74) is 0.938. The molecule has 1 aliphatic carbocycles. The zero-order valence-corrected chi connectivity index (χ0v) is 14.1. The molecule has 1 aromatic rings. The summed E-state index contributed by atoms with van der Waals surface area (Å²) >= 11 is 0. The van der Waals surface area contributed by atoms with Crippen LogP contribution in [0.1, 0.15) is 49.4 Å². The lowest BCUT2D eigenvalue weighted by Gasteiger charge is -2.29. The molecule has 2 amide bonds. The van der Waals surface area contributed by atoms with E-state index in [-0.39, 0.29) is 17.7 Å². The van der Waals surface area contributed by atoms with E-state index in [0.717, 1.165) is 32.1 Å². The first-order chi connectivity index (χ1) is 11.5. The maximum Gasteiger partial charge on any atom is 0.328 e. The lowest BCUT2D eigenvalue weighted by Crippen LogP contribution is -2.47. The van der Waals surface area contributed by atoms with Crippen LogP contribution >= 0.6 is 0 Å². The van der Waals surface area contributed by atoms with Crippen LogP contribution in [0.4, 0.5) is 5.69 Å². The standard InChI is InChI=1S/C18H24N2O4/c1-12(21)19-15-10-6-9-14(11-15)17(22)20-16(18(23)24-2)13-7-4-3-5-8-13/h6,9-11,13,16H,3-5,7-8H2,1-2H3,(H,19,21)(H,20,22)/t16-/m1/s1. The Hall–Kier alpha value is -2.37. The number of hydrogen-bond acceptors (Lipinski definition) is 4. The maximum absolute atomic E-state index is 12.5. The van der Waals surface area contributed by atoms with Crippen LogP contribution in [0, 0.1) is 5.92 Å². The van der Waals surface area contributed by atoms with Gasteiger partial charge >= 0.3 is 5.97 Å². The minimum atomic E-state index is -0.632. The number of hydrogen-bond donors (Lipinski definition) is 2. The van der Waals surface area contributed by atoms with E-state index in [1.165, 1.54) is 14.0 Å². The fraction of sp³-hybridized carbons (Fsp3) is 0.500.